The number of hydrogen-bond acceptors (Lipinski definition) is 5. The lowest BCUT2D eigenvalue weighted by Crippen LogP contribution is -2.38. The van der Waals surface area contributed by atoms with Crippen LogP contribution in [0.5, 0.6) is 0 Å². The van der Waals surface area contributed by atoms with Gasteiger partial charge >= 0.3 is 5.97 Å². The molecular weight excluding hydrogens is 488 g/mol. The van der Waals surface area contributed by atoms with Crippen LogP contribution in [0.25, 0.3) is 0 Å². The van der Waals surface area contributed by atoms with Crippen molar-refractivity contribution in [1.82, 2.24) is 0 Å². The van der Waals surface area contributed by atoms with E-state index < -0.39 is 12.2 Å². The van der Waals surface area contributed by atoms with Gasteiger partial charge in [-0.3, -0.25) is 0 Å². The van der Waals surface area contributed by atoms with Crippen LogP contribution in [-0.2, 0) is 9.53 Å². The van der Waals surface area contributed by atoms with Crippen LogP contribution in [-0.4, -0.2) is 46.2 Å². The normalized spacial score (nSPS) is 40.0. The maximum Gasteiger partial charge on any atom is 0.334 e. The van der Waals surface area contributed by atoms with Gasteiger partial charge in [0, 0.05) is 24.0 Å². The van der Waals surface area contributed by atoms with Gasteiger partial charge in [0.25, 0.3) is 0 Å². The molecule has 9 atom stereocenters. The second-order valence-electron chi connectivity index (χ2n) is 13.7. The third kappa shape index (κ3) is 6.16. The molecule has 0 bridgehead atoms. The summed E-state index contributed by atoms with van der Waals surface area (Å²) in [6.45, 7) is 17.5. The first-order valence-electron chi connectivity index (χ1n) is 15.4. The predicted octanol–water partition coefficient (Wildman–Crippen LogP) is 6.30. The van der Waals surface area contributed by atoms with Crippen LogP contribution in [0.3, 0.4) is 0 Å². The molecule has 0 spiro atoms. The van der Waals surface area contributed by atoms with Gasteiger partial charge in [0.05, 0.1) is 12.2 Å². The molecule has 1 aliphatic heterocycles. The Labute approximate surface area is 236 Å². The second kappa shape index (κ2) is 12.4. The number of fused-ring (bicyclic) bond motifs is 1. The first kappa shape index (κ1) is 30.3. The standard InChI is InChI=1S/C34H52O5/c1-20(2)17-27-23(5)33(38)39-31(27)18-21(3)28-13-14-29-24(9-7-15-34(28,29)6)11-12-25-19-30(36)26(10-8-16-35)32(37)22(25)4/h11-12,20-21,26-32,35-37H,4-5,7-10,13-19H2,1-3,6H3/b24-11+,25-12-/t21-,26+,27+,28-,29+,30-,31-,32-,34-/m1/s1. The van der Waals surface area contributed by atoms with E-state index in [2.05, 4.69) is 53.0 Å². The fraction of sp³-hybridized carbons (Fsp3) is 0.735. The van der Waals surface area contributed by atoms with E-state index in [-0.39, 0.29) is 35.9 Å². The molecule has 39 heavy (non-hydrogen) atoms. The van der Waals surface area contributed by atoms with Gasteiger partial charge in [-0.05, 0) is 104 Å². The van der Waals surface area contributed by atoms with Crippen LogP contribution in [0.2, 0.25) is 0 Å². The average Bonchev–Trinajstić information content (AvgIpc) is 3.36. The third-order valence-electron chi connectivity index (χ3n) is 10.8. The van der Waals surface area contributed by atoms with E-state index in [1.807, 2.05) is 0 Å². The van der Waals surface area contributed by atoms with Gasteiger partial charge in [-0.15, -0.1) is 0 Å². The molecule has 0 amide bonds. The van der Waals surface area contributed by atoms with Crippen LogP contribution >= 0.6 is 0 Å². The summed E-state index contributed by atoms with van der Waals surface area (Å²) in [7, 11) is 0. The smallest absolute Gasteiger partial charge is 0.334 e. The minimum absolute atomic E-state index is 0.0511. The van der Waals surface area contributed by atoms with E-state index >= 15 is 0 Å². The Hall–Kier alpha value is -1.69. The van der Waals surface area contributed by atoms with E-state index in [1.165, 1.54) is 31.3 Å². The van der Waals surface area contributed by atoms with Gasteiger partial charge in [-0.25, -0.2) is 4.79 Å². The number of aliphatic hydroxyl groups is 3. The number of hydrogen-bond donors (Lipinski definition) is 3. The molecule has 1 saturated heterocycles. The van der Waals surface area contributed by atoms with Gasteiger partial charge < -0.3 is 20.1 Å². The first-order valence-corrected chi connectivity index (χ1v) is 15.4. The highest BCUT2D eigenvalue weighted by molar-refractivity contribution is 5.90. The number of cyclic esters (lactones) is 1. The van der Waals surface area contributed by atoms with Crippen LogP contribution in [0, 0.1) is 40.9 Å². The highest BCUT2D eigenvalue weighted by atomic mass is 16.6. The molecule has 4 rings (SSSR count). The van der Waals surface area contributed by atoms with Crippen molar-refractivity contribution in [3.8, 4) is 0 Å². The number of rotatable bonds is 9. The van der Waals surface area contributed by atoms with Gasteiger partial charge in [0.1, 0.15) is 6.10 Å². The zero-order valence-corrected chi connectivity index (χ0v) is 24.7. The highest BCUT2D eigenvalue weighted by Gasteiger charge is 2.52. The van der Waals surface area contributed by atoms with Crippen LogP contribution in [0.1, 0.15) is 91.9 Å². The predicted molar refractivity (Wildman–Crippen MR) is 156 cm³/mol. The molecule has 3 aliphatic carbocycles. The van der Waals surface area contributed by atoms with Crippen molar-refractivity contribution in [2.24, 2.45) is 40.9 Å². The largest absolute Gasteiger partial charge is 0.458 e. The number of allylic oxidation sites excluding steroid dienone is 3. The van der Waals surface area contributed by atoms with E-state index in [4.69, 9.17) is 4.74 Å². The Morgan fingerprint density at radius 1 is 1.10 bits per heavy atom. The summed E-state index contributed by atoms with van der Waals surface area (Å²) in [5.74, 6) is 1.76. The lowest BCUT2D eigenvalue weighted by atomic mass is 9.60. The SMILES string of the molecule is C=C1/C(=C\C=C2/CCC[C@]3(C)[C@@H]([C@H](C)C[C@H]4OC(=O)C(=C)[C@@H]4CC(C)C)CC[C@@H]23)C[C@@H](O)[C@H](CCCO)[C@@H]1O. The molecule has 5 nitrogen and oxygen atoms in total. The molecular formula is C34H52O5. The Morgan fingerprint density at radius 3 is 2.54 bits per heavy atom. The van der Waals surface area contributed by atoms with Crippen molar-refractivity contribution >= 4 is 5.97 Å². The molecule has 0 unspecified atom stereocenters. The van der Waals surface area contributed by atoms with Gasteiger partial charge in [-0.2, -0.15) is 0 Å². The van der Waals surface area contributed by atoms with Crippen molar-refractivity contribution in [2.75, 3.05) is 6.61 Å². The quantitative estimate of drug-likeness (QED) is 0.236. The first-order chi connectivity index (χ1) is 18.5. The Bertz CT molecular complexity index is 992. The number of esters is 1. The molecule has 0 radical (unpaired) electrons. The molecule has 3 saturated carbocycles. The molecule has 4 fully saturated rings. The monoisotopic (exact) mass is 540 g/mol. The van der Waals surface area contributed by atoms with E-state index in [9.17, 15) is 20.1 Å². The summed E-state index contributed by atoms with van der Waals surface area (Å²) < 4.78 is 5.85. The molecule has 1 heterocycles. The molecule has 0 aromatic rings. The fourth-order valence-corrected chi connectivity index (χ4v) is 8.66. The summed E-state index contributed by atoms with van der Waals surface area (Å²) in [4.78, 5) is 12.4. The van der Waals surface area contributed by atoms with Crippen LogP contribution in [0.4, 0.5) is 0 Å². The summed E-state index contributed by atoms with van der Waals surface area (Å²) in [5, 5.41) is 30.7. The lowest BCUT2D eigenvalue weighted by molar-refractivity contribution is -0.140. The Kier molecular flexibility index (Phi) is 9.66. The third-order valence-corrected chi connectivity index (χ3v) is 10.8. The minimum Gasteiger partial charge on any atom is -0.458 e. The summed E-state index contributed by atoms with van der Waals surface area (Å²) in [5.41, 5.74) is 4.03. The topological polar surface area (TPSA) is 87.0 Å². The molecule has 0 aromatic heterocycles. The highest BCUT2D eigenvalue weighted by Crippen LogP contribution is 2.60. The summed E-state index contributed by atoms with van der Waals surface area (Å²) >= 11 is 0. The number of ether oxygens (including phenoxy) is 1. The molecule has 4 aliphatic rings. The van der Waals surface area contributed by atoms with Crippen molar-refractivity contribution in [1.29, 1.82) is 0 Å². The number of carbonyl (C=O) groups excluding carboxylic acids is 1. The molecule has 0 aromatic carbocycles. The zero-order valence-electron chi connectivity index (χ0n) is 24.7. The van der Waals surface area contributed by atoms with Crippen molar-refractivity contribution in [3.63, 3.8) is 0 Å². The fourth-order valence-electron chi connectivity index (χ4n) is 8.66. The van der Waals surface area contributed by atoms with Gasteiger partial charge in [0.15, 0.2) is 0 Å². The molecule has 218 valence electrons. The van der Waals surface area contributed by atoms with E-state index in [0.717, 1.165) is 24.8 Å². The van der Waals surface area contributed by atoms with E-state index in [1.54, 1.807) is 0 Å². The number of aliphatic hydroxyl groups excluding tert-OH is 3. The lowest BCUT2D eigenvalue weighted by Gasteiger charge is -2.45. The summed E-state index contributed by atoms with van der Waals surface area (Å²) in [6, 6.07) is 0. The maximum atomic E-state index is 12.4. The summed E-state index contributed by atoms with van der Waals surface area (Å²) in [6.07, 6.45) is 12.3. The second-order valence-corrected chi connectivity index (χ2v) is 13.7. The van der Waals surface area contributed by atoms with E-state index in [0.29, 0.717) is 54.1 Å². The minimum atomic E-state index is -0.765. The zero-order chi connectivity index (χ0) is 28.5. The van der Waals surface area contributed by atoms with Crippen LogP contribution in [0.15, 0.2) is 47.6 Å². The van der Waals surface area contributed by atoms with Gasteiger partial charge in [-0.1, -0.05) is 58.6 Å². The molecule has 3 N–H and O–H groups in total. The van der Waals surface area contributed by atoms with Crippen molar-refractivity contribution in [3.05, 3.63) is 47.6 Å². The van der Waals surface area contributed by atoms with Crippen molar-refractivity contribution < 1.29 is 24.9 Å². The Morgan fingerprint density at radius 2 is 1.85 bits per heavy atom. The number of carbonyl (C=O) groups is 1. The van der Waals surface area contributed by atoms with Crippen molar-refractivity contribution in [2.45, 2.75) is 110 Å². The van der Waals surface area contributed by atoms with Gasteiger partial charge in [0.2, 0.25) is 0 Å². The average molecular weight is 541 g/mol. The van der Waals surface area contributed by atoms with Crippen LogP contribution < -0.4 is 0 Å². The maximum absolute atomic E-state index is 12.4. The Balaban J connectivity index is 1.46. The molecule has 5 heteroatoms.